The molecule has 0 atom stereocenters. The number of allylic oxidation sites excluding steroid dienone is 4. The van der Waals surface area contributed by atoms with Gasteiger partial charge >= 0.3 is 0 Å². The van der Waals surface area contributed by atoms with E-state index in [9.17, 15) is 0 Å². The molecule has 0 aromatic heterocycles. The Kier molecular flexibility index (Phi) is 8.83. The fourth-order valence-electron chi connectivity index (χ4n) is 1.72. The molecule has 92 valence electrons. The third-order valence-corrected chi connectivity index (χ3v) is 2.61. The molecule has 0 aliphatic heterocycles. The Morgan fingerprint density at radius 1 is 0.667 bits per heavy atom. The van der Waals surface area contributed by atoms with Gasteiger partial charge in [0, 0.05) is 0 Å². The van der Waals surface area contributed by atoms with Crippen LogP contribution in [-0.2, 0) is 0 Å². The van der Waals surface area contributed by atoms with Crippen LogP contribution < -0.4 is 6.15 Å². The maximum atomic E-state index is 8.70. The van der Waals surface area contributed by atoms with Crippen molar-refractivity contribution in [3.8, 4) is 24.3 Å². The van der Waals surface area contributed by atoms with E-state index in [1.807, 2.05) is 24.3 Å². The first-order valence-corrected chi connectivity index (χ1v) is 4.81. The molecule has 18 heavy (non-hydrogen) atoms. The van der Waals surface area contributed by atoms with Crippen molar-refractivity contribution in [2.45, 2.75) is 25.7 Å². The van der Waals surface area contributed by atoms with Crippen molar-refractivity contribution in [2.75, 3.05) is 0 Å². The van der Waals surface area contributed by atoms with E-state index in [2.05, 4.69) is 0 Å². The highest BCUT2D eigenvalue weighted by Gasteiger charge is 2.17. The van der Waals surface area contributed by atoms with Gasteiger partial charge in [0.1, 0.15) is 35.4 Å². The second kappa shape index (κ2) is 8.80. The average molecular weight is 262 g/mol. The SMILES string of the molecule is Cl.N.N#CC(C#N)=C1CCC(=C(C#N)C#N)CC1. The monoisotopic (exact) mass is 261 g/mol. The van der Waals surface area contributed by atoms with E-state index < -0.39 is 0 Å². The molecule has 1 rings (SSSR count). The van der Waals surface area contributed by atoms with Crippen LogP contribution in [0.3, 0.4) is 0 Å². The fourth-order valence-corrected chi connectivity index (χ4v) is 1.72. The first-order valence-electron chi connectivity index (χ1n) is 4.81. The van der Waals surface area contributed by atoms with Crippen molar-refractivity contribution in [1.29, 1.82) is 21.0 Å². The molecule has 0 unspecified atom stereocenters. The zero-order chi connectivity index (χ0) is 12.0. The Hall–Kier alpha value is -2.31. The molecule has 0 saturated heterocycles. The number of hydrogen-bond acceptors (Lipinski definition) is 5. The van der Waals surface area contributed by atoms with Crippen LogP contribution in [0.2, 0.25) is 0 Å². The Balaban J connectivity index is 0. The van der Waals surface area contributed by atoms with Crippen LogP contribution in [0.1, 0.15) is 25.7 Å². The lowest BCUT2D eigenvalue weighted by atomic mass is 9.86. The minimum Gasteiger partial charge on any atom is -0.344 e. The van der Waals surface area contributed by atoms with E-state index in [0.717, 1.165) is 11.1 Å². The summed E-state index contributed by atoms with van der Waals surface area (Å²) >= 11 is 0. The topological polar surface area (TPSA) is 130 Å². The van der Waals surface area contributed by atoms with Gasteiger partial charge in [-0.25, -0.2) is 0 Å². The van der Waals surface area contributed by atoms with Gasteiger partial charge in [-0.3, -0.25) is 0 Å². The first kappa shape index (κ1) is 18.1. The van der Waals surface area contributed by atoms with Crippen LogP contribution in [0.25, 0.3) is 0 Å². The predicted molar refractivity (Wildman–Crippen MR) is 67.2 cm³/mol. The van der Waals surface area contributed by atoms with Gasteiger partial charge in [0.2, 0.25) is 0 Å². The smallest absolute Gasteiger partial charge is 0.128 e. The summed E-state index contributed by atoms with van der Waals surface area (Å²) < 4.78 is 0. The highest BCUT2D eigenvalue weighted by Crippen LogP contribution is 2.31. The summed E-state index contributed by atoms with van der Waals surface area (Å²) in [6.07, 6.45) is 2.38. The Bertz CT molecular complexity index is 437. The highest BCUT2D eigenvalue weighted by molar-refractivity contribution is 5.85. The standard InChI is InChI=1S/C12H8N4.ClH.H3N/c13-5-11(6-14)9-1-2-10(4-3-9)12(7-15)8-16;;/h1-4H2;1H;1H3. The number of nitriles is 4. The molecule has 0 radical (unpaired) electrons. The lowest BCUT2D eigenvalue weighted by Crippen LogP contribution is -2.02. The quantitative estimate of drug-likeness (QED) is 0.670. The minimum atomic E-state index is 0. The fraction of sp³-hybridized carbons (Fsp3) is 0.333. The minimum absolute atomic E-state index is 0. The zero-order valence-corrected chi connectivity index (χ0v) is 10.5. The first-order chi connectivity index (χ1) is 7.76. The number of hydrogen-bond donors (Lipinski definition) is 1. The van der Waals surface area contributed by atoms with Crippen LogP contribution in [0, 0.1) is 45.3 Å². The third kappa shape index (κ3) is 3.93. The number of halogens is 1. The third-order valence-electron chi connectivity index (χ3n) is 2.61. The number of nitrogens with zero attached hydrogens (tertiary/aromatic N) is 4. The molecule has 0 bridgehead atoms. The molecule has 0 amide bonds. The molecule has 1 aliphatic carbocycles. The number of rotatable bonds is 0. The summed E-state index contributed by atoms with van der Waals surface area (Å²) in [6, 6.07) is 7.46. The van der Waals surface area contributed by atoms with Crippen molar-refractivity contribution in [3.05, 3.63) is 22.3 Å². The van der Waals surface area contributed by atoms with Crippen LogP contribution >= 0.6 is 12.4 Å². The zero-order valence-electron chi connectivity index (χ0n) is 9.73. The van der Waals surface area contributed by atoms with Gasteiger partial charge in [0.15, 0.2) is 0 Å². The molecule has 5 nitrogen and oxygen atoms in total. The highest BCUT2D eigenvalue weighted by atomic mass is 35.5. The Morgan fingerprint density at radius 3 is 1.06 bits per heavy atom. The van der Waals surface area contributed by atoms with E-state index in [0.29, 0.717) is 25.7 Å². The van der Waals surface area contributed by atoms with Crippen molar-refractivity contribution < 1.29 is 0 Å². The molecule has 1 saturated carbocycles. The van der Waals surface area contributed by atoms with Gasteiger partial charge in [-0.1, -0.05) is 0 Å². The molecule has 0 aromatic carbocycles. The molecule has 0 spiro atoms. The summed E-state index contributed by atoms with van der Waals surface area (Å²) in [5.41, 5.74) is 2.02. The van der Waals surface area contributed by atoms with Crippen molar-refractivity contribution in [1.82, 2.24) is 6.15 Å². The normalized spacial score (nSPS) is 12.4. The second-order valence-electron chi connectivity index (χ2n) is 3.40. The lowest BCUT2D eigenvalue weighted by Gasteiger charge is -2.17. The van der Waals surface area contributed by atoms with Crippen molar-refractivity contribution in [3.63, 3.8) is 0 Å². The summed E-state index contributed by atoms with van der Waals surface area (Å²) in [5, 5.41) is 34.8. The van der Waals surface area contributed by atoms with E-state index in [1.165, 1.54) is 0 Å². The van der Waals surface area contributed by atoms with Gasteiger partial charge in [0.05, 0.1) is 0 Å². The van der Waals surface area contributed by atoms with Gasteiger partial charge in [-0.05, 0) is 36.8 Å². The molecular formula is C12H12ClN5. The molecule has 1 aliphatic rings. The summed E-state index contributed by atoms with van der Waals surface area (Å²) in [5.74, 6) is 0. The molecule has 0 aromatic rings. The van der Waals surface area contributed by atoms with Gasteiger partial charge in [-0.15, -0.1) is 12.4 Å². The van der Waals surface area contributed by atoms with Gasteiger partial charge in [-0.2, -0.15) is 21.0 Å². The maximum absolute atomic E-state index is 8.70. The van der Waals surface area contributed by atoms with Crippen LogP contribution in [-0.4, -0.2) is 0 Å². The average Bonchev–Trinajstić information content (AvgIpc) is 2.34. The molecule has 1 fully saturated rings. The van der Waals surface area contributed by atoms with E-state index >= 15 is 0 Å². The van der Waals surface area contributed by atoms with Crippen LogP contribution in [0.15, 0.2) is 22.3 Å². The lowest BCUT2D eigenvalue weighted by molar-refractivity contribution is 0.721. The van der Waals surface area contributed by atoms with E-state index in [4.69, 9.17) is 21.0 Å². The van der Waals surface area contributed by atoms with Crippen LogP contribution in [0.5, 0.6) is 0 Å². The predicted octanol–water partition coefficient (Wildman–Crippen LogP) is 2.83. The molecule has 0 heterocycles. The summed E-state index contributed by atoms with van der Waals surface area (Å²) in [6.45, 7) is 0. The molecular weight excluding hydrogens is 250 g/mol. The van der Waals surface area contributed by atoms with Crippen molar-refractivity contribution >= 4 is 12.4 Å². The maximum Gasteiger partial charge on any atom is 0.128 e. The molecule has 3 N–H and O–H groups in total. The summed E-state index contributed by atoms with van der Waals surface area (Å²) in [4.78, 5) is 0. The van der Waals surface area contributed by atoms with Crippen LogP contribution in [0.4, 0.5) is 0 Å². The Morgan fingerprint density at radius 2 is 0.889 bits per heavy atom. The second-order valence-corrected chi connectivity index (χ2v) is 3.40. The van der Waals surface area contributed by atoms with E-state index in [-0.39, 0.29) is 29.7 Å². The van der Waals surface area contributed by atoms with Gasteiger partial charge in [0.25, 0.3) is 0 Å². The molecule has 6 heteroatoms. The van der Waals surface area contributed by atoms with Gasteiger partial charge < -0.3 is 6.15 Å². The largest absolute Gasteiger partial charge is 0.344 e. The summed E-state index contributed by atoms with van der Waals surface area (Å²) in [7, 11) is 0. The Labute approximate surface area is 112 Å². The van der Waals surface area contributed by atoms with E-state index in [1.54, 1.807) is 0 Å². The van der Waals surface area contributed by atoms with Crippen molar-refractivity contribution in [2.24, 2.45) is 0 Å².